The Morgan fingerprint density at radius 3 is 2.83 bits per heavy atom. The number of nitrogens with one attached hydrogen (secondary N) is 1. The molecule has 0 spiro atoms. The zero-order chi connectivity index (χ0) is 12.8. The molecule has 0 aromatic carbocycles. The molecule has 18 heavy (non-hydrogen) atoms. The second-order valence-electron chi connectivity index (χ2n) is 5.70. The average Bonchev–Trinajstić information content (AvgIpc) is 2.63. The van der Waals surface area contributed by atoms with Gasteiger partial charge in [0.15, 0.2) is 0 Å². The van der Waals surface area contributed by atoms with Gasteiger partial charge in [-0.3, -0.25) is 4.79 Å². The van der Waals surface area contributed by atoms with Crippen molar-refractivity contribution in [2.75, 3.05) is 45.8 Å². The fraction of sp³-hybridized carbons (Fsp3) is 0.929. The fourth-order valence-corrected chi connectivity index (χ4v) is 3.04. The monoisotopic (exact) mass is 253 g/mol. The van der Waals surface area contributed by atoms with E-state index in [1.165, 1.54) is 38.9 Å². The SMILES string of the molecule is CC(=O)N1CCCN(CCC2CCCNC2)CC1. The van der Waals surface area contributed by atoms with E-state index in [9.17, 15) is 4.79 Å². The van der Waals surface area contributed by atoms with Crippen molar-refractivity contribution in [2.45, 2.75) is 32.6 Å². The molecule has 2 aliphatic heterocycles. The van der Waals surface area contributed by atoms with Crippen LogP contribution in [0.15, 0.2) is 0 Å². The van der Waals surface area contributed by atoms with Crippen LogP contribution in [0.25, 0.3) is 0 Å². The first-order chi connectivity index (χ1) is 8.75. The van der Waals surface area contributed by atoms with Crippen LogP contribution in [0.4, 0.5) is 0 Å². The van der Waals surface area contributed by atoms with E-state index < -0.39 is 0 Å². The maximum atomic E-state index is 11.4. The van der Waals surface area contributed by atoms with Gasteiger partial charge in [0, 0.05) is 26.6 Å². The largest absolute Gasteiger partial charge is 0.342 e. The highest BCUT2D eigenvalue weighted by Gasteiger charge is 2.18. The molecule has 104 valence electrons. The van der Waals surface area contributed by atoms with Crippen molar-refractivity contribution < 1.29 is 4.79 Å². The molecule has 4 nitrogen and oxygen atoms in total. The van der Waals surface area contributed by atoms with Gasteiger partial charge in [-0.1, -0.05) is 0 Å². The number of rotatable bonds is 3. The zero-order valence-electron chi connectivity index (χ0n) is 11.7. The lowest BCUT2D eigenvalue weighted by Crippen LogP contribution is -2.36. The van der Waals surface area contributed by atoms with Crippen LogP contribution in [0.2, 0.25) is 0 Å². The topological polar surface area (TPSA) is 35.6 Å². The van der Waals surface area contributed by atoms with Crippen molar-refractivity contribution in [3.05, 3.63) is 0 Å². The highest BCUT2D eigenvalue weighted by atomic mass is 16.2. The van der Waals surface area contributed by atoms with Gasteiger partial charge < -0.3 is 15.1 Å². The van der Waals surface area contributed by atoms with Gasteiger partial charge >= 0.3 is 0 Å². The van der Waals surface area contributed by atoms with Crippen LogP contribution in [0.1, 0.15) is 32.6 Å². The van der Waals surface area contributed by atoms with Crippen LogP contribution in [0, 0.1) is 5.92 Å². The number of hydrogen-bond donors (Lipinski definition) is 1. The average molecular weight is 253 g/mol. The molecule has 4 heteroatoms. The first-order valence-electron chi connectivity index (χ1n) is 7.44. The van der Waals surface area contributed by atoms with Gasteiger partial charge in [-0.25, -0.2) is 0 Å². The van der Waals surface area contributed by atoms with E-state index >= 15 is 0 Å². The van der Waals surface area contributed by atoms with E-state index in [0.717, 1.165) is 38.5 Å². The van der Waals surface area contributed by atoms with Gasteiger partial charge in [0.05, 0.1) is 0 Å². The predicted octanol–water partition coefficient (Wildman–Crippen LogP) is 0.930. The third kappa shape index (κ3) is 4.25. The smallest absolute Gasteiger partial charge is 0.219 e. The quantitative estimate of drug-likeness (QED) is 0.813. The summed E-state index contributed by atoms with van der Waals surface area (Å²) in [6.07, 6.45) is 5.17. The lowest BCUT2D eigenvalue weighted by molar-refractivity contribution is -0.128. The van der Waals surface area contributed by atoms with E-state index in [2.05, 4.69) is 10.2 Å². The molecule has 2 aliphatic rings. The Bertz CT molecular complexity index is 264. The Morgan fingerprint density at radius 2 is 2.11 bits per heavy atom. The van der Waals surface area contributed by atoms with Gasteiger partial charge in [0.25, 0.3) is 0 Å². The molecule has 2 heterocycles. The Labute approximate surface area is 111 Å². The summed E-state index contributed by atoms with van der Waals surface area (Å²) in [7, 11) is 0. The Hall–Kier alpha value is -0.610. The van der Waals surface area contributed by atoms with E-state index in [-0.39, 0.29) is 5.91 Å². The van der Waals surface area contributed by atoms with Gasteiger partial charge in [-0.15, -0.1) is 0 Å². The van der Waals surface area contributed by atoms with Crippen molar-refractivity contribution in [1.29, 1.82) is 0 Å². The van der Waals surface area contributed by atoms with Crippen molar-refractivity contribution in [3.8, 4) is 0 Å². The summed E-state index contributed by atoms with van der Waals surface area (Å²) >= 11 is 0. The minimum atomic E-state index is 0.230. The van der Waals surface area contributed by atoms with E-state index in [1.807, 2.05) is 4.90 Å². The van der Waals surface area contributed by atoms with Crippen molar-refractivity contribution in [3.63, 3.8) is 0 Å². The van der Waals surface area contributed by atoms with Crippen LogP contribution in [0.5, 0.6) is 0 Å². The van der Waals surface area contributed by atoms with Gasteiger partial charge in [-0.2, -0.15) is 0 Å². The van der Waals surface area contributed by atoms with Crippen LogP contribution in [-0.2, 0) is 4.79 Å². The molecule has 2 fully saturated rings. The minimum Gasteiger partial charge on any atom is -0.342 e. The zero-order valence-corrected chi connectivity index (χ0v) is 11.7. The number of amides is 1. The fourth-order valence-electron chi connectivity index (χ4n) is 3.04. The molecule has 0 aromatic heterocycles. The summed E-state index contributed by atoms with van der Waals surface area (Å²) in [6, 6.07) is 0. The first-order valence-corrected chi connectivity index (χ1v) is 7.44. The molecule has 2 saturated heterocycles. The third-order valence-electron chi connectivity index (χ3n) is 4.29. The number of nitrogens with zero attached hydrogens (tertiary/aromatic N) is 2. The summed E-state index contributed by atoms with van der Waals surface area (Å²) in [6.45, 7) is 9.36. The van der Waals surface area contributed by atoms with Crippen molar-refractivity contribution in [2.24, 2.45) is 5.92 Å². The number of hydrogen-bond acceptors (Lipinski definition) is 3. The second-order valence-corrected chi connectivity index (χ2v) is 5.70. The van der Waals surface area contributed by atoms with Gasteiger partial charge in [0.2, 0.25) is 5.91 Å². The molecular weight excluding hydrogens is 226 g/mol. The number of carbonyl (C=O) groups is 1. The molecule has 1 unspecified atom stereocenters. The summed E-state index contributed by atoms with van der Waals surface area (Å²) < 4.78 is 0. The molecule has 0 saturated carbocycles. The maximum Gasteiger partial charge on any atom is 0.219 e. The van der Waals surface area contributed by atoms with Crippen molar-refractivity contribution in [1.82, 2.24) is 15.1 Å². The lowest BCUT2D eigenvalue weighted by atomic mass is 9.96. The molecule has 0 aliphatic carbocycles. The maximum absolute atomic E-state index is 11.4. The standard InChI is InChI=1S/C14H27N3O/c1-13(18)17-8-3-7-16(10-11-17)9-5-14-4-2-6-15-12-14/h14-15H,2-12H2,1H3. The number of piperidine rings is 1. The molecule has 1 N–H and O–H groups in total. The van der Waals surface area contributed by atoms with Crippen LogP contribution < -0.4 is 5.32 Å². The molecule has 0 aromatic rings. The molecule has 2 rings (SSSR count). The third-order valence-corrected chi connectivity index (χ3v) is 4.29. The highest BCUT2D eigenvalue weighted by Crippen LogP contribution is 2.15. The second kappa shape index (κ2) is 7.10. The normalized spacial score (nSPS) is 26.9. The molecule has 1 amide bonds. The van der Waals surface area contributed by atoms with E-state index in [0.29, 0.717) is 0 Å². The minimum absolute atomic E-state index is 0.230. The molecule has 1 atom stereocenters. The Morgan fingerprint density at radius 1 is 1.22 bits per heavy atom. The van der Waals surface area contributed by atoms with Crippen LogP contribution in [-0.4, -0.2) is 61.5 Å². The van der Waals surface area contributed by atoms with E-state index in [1.54, 1.807) is 6.92 Å². The Balaban J connectivity index is 1.68. The molecule has 0 bridgehead atoms. The summed E-state index contributed by atoms with van der Waals surface area (Å²) in [5.74, 6) is 1.10. The summed E-state index contributed by atoms with van der Waals surface area (Å²) in [5, 5.41) is 3.49. The highest BCUT2D eigenvalue weighted by molar-refractivity contribution is 5.73. The lowest BCUT2D eigenvalue weighted by Gasteiger charge is -2.26. The van der Waals surface area contributed by atoms with E-state index in [4.69, 9.17) is 0 Å². The summed E-state index contributed by atoms with van der Waals surface area (Å²) in [5.41, 5.74) is 0. The van der Waals surface area contributed by atoms with Crippen molar-refractivity contribution >= 4 is 5.91 Å². The predicted molar refractivity (Wildman–Crippen MR) is 73.5 cm³/mol. The number of carbonyl (C=O) groups excluding carboxylic acids is 1. The van der Waals surface area contributed by atoms with Crippen LogP contribution in [0.3, 0.4) is 0 Å². The first kappa shape index (κ1) is 13.8. The summed E-state index contributed by atoms with van der Waals surface area (Å²) in [4.78, 5) is 15.9. The van der Waals surface area contributed by atoms with Gasteiger partial charge in [0.1, 0.15) is 0 Å². The van der Waals surface area contributed by atoms with Crippen LogP contribution >= 0.6 is 0 Å². The molecule has 0 radical (unpaired) electrons. The Kier molecular flexibility index (Phi) is 5.45. The van der Waals surface area contributed by atoms with Gasteiger partial charge in [-0.05, 0) is 57.8 Å². The molecular formula is C14H27N3O.